The SMILES string of the molecule is CCOc1cc([C@H]2C(C#N)=C(N)OC3=C2C(=O)CCC3)ccc1OCc1ccccc1Cl. The van der Waals surface area contributed by atoms with Crippen molar-refractivity contribution in [1.29, 1.82) is 5.26 Å². The van der Waals surface area contributed by atoms with Crippen molar-refractivity contribution in [3.63, 3.8) is 0 Å². The highest BCUT2D eigenvalue weighted by molar-refractivity contribution is 6.31. The highest BCUT2D eigenvalue weighted by atomic mass is 35.5. The Hall–Kier alpha value is -3.43. The summed E-state index contributed by atoms with van der Waals surface area (Å²) in [5.74, 6) is 1.05. The third kappa shape index (κ3) is 4.17. The second kappa shape index (κ2) is 9.37. The Labute approximate surface area is 191 Å². The summed E-state index contributed by atoms with van der Waals surface area (Å²) in [6.07, 6.45) is 1.75. The summed E-state index contributed by atoms with van der Waals surface area (Å²) in [6.45, 7) is 2.58. The lowest BCUT2D eigenvalue weighted by Gasteiger charge is -2.31. The molecule has 6 nitrogen and oxygen atoms in total. The fourth-order valence-corrected chi connectivity index (χ4v) is 4.24. The summed E-state index contributed by atoms with van der Waals surface area (Å²) in [5.41, 5.74) is 8.36. The van der Waals surface area contributed by atoms with Crippen molar-refractivity contribution < 1.29 is 19.0 Å². The summed E-state index contributed by atoms with van der Waals surface area (Å²) >= 11 is 6.23. The van der Waals surface area contributed by atoms with E-state index in [2.05, 4.69) is 6.07 Å². The average molecular weight is 451 g/mol. The molecule has 1 aliphatic carbocycles. The quantitative estimate of drug-likeness (QED) is 0.655. The van der Waals surface area contributed by atoms with E-state index >= 15 is 0 Å². The molecule has 0 bridgehead atoms. The first-order chi connectivity index (χ1) is 15.5. The summed E-state index contributed by atoms with van der Waals surface area (Å²) in [4.78, 5) is 12.8. The van der Waals surface area contributed by atoms with Crippen molar-refractivity contribution in [3.8, 4) is 17.6 Å². The molecule has 0 saturated carbocycles. The largest absolute Gasteiger partial charge is 0.490 e. The number of ketones is 1. The Morgan fingerprint density at radius 2 is 2.00 bits per heavy atom. The average Bonchev–Trinajstić information content (AvgIpc) is 2.78. The standard InChI is InChI=1S/C25H23ClN2O4/c1-2-30-22-12-15(10-11-20(22)31-14-16-6-3-4-7-18(16)26)23-17(13-27)25(28)32-21-9-5-8-19(29)24(21)23/h3-4,6-7,10-12,23H,2,5,8-9,14,28H2,1H3/t23-/m0/s1. The lowest BCUT2D eigenvalue weighted by molar-refractivity contribution is -0.116. The minimum absolute atomic E-state index is 0.0199. The number of nitriles is 1. The number of benzene rings is 2. The van der Waals surface area contributed by atoms with Gasteiger partial charge >= 0.3 is 0 Å². The van der Waals surface area contributed by atoms with Crippen LogP contribution in [-0.2, 0) is 16.1 Å². The van der Waals surface area contributed by atoms with Gasteiger partial charge in [0.15, 0.2) is 17.3 Å². The number of Topliss-reactive ketones (excluding diaryl/α,β-unsaturated/α-hetero) is 1. The monoisotopic (exact) mass is 450 g/mol. The number of carbonyl (C=O) groups excluding carboxylic acids is 1. The van der Waals surface area contributed by atoms with Crippen molar-refractivity contribution in [2.24, 2.45) is 5.73 Å². The van der Waals surface area contributed by atoms with Crippen LogP contribution in [0.2, 0.25) is 5.02 Å². The number of allylic oxidation sites excluding steroid dienone is 3. The number of nitrogens with zero attached hydrogens (tertiary/aromatic N) is 1. The van der Waals surface area contributed by atoms with Crippen molar-refractivity contribution in [2.75, 3.05) is 6.61 Å². The maximum atomic E-state index is 12.8. The molecule has 0 aromatic heterocycles. The molecule has 0 radical (unpaired) electrons. The topological polar surface area (TPSA) is 94.6 Å². The summed E-state index contributed by atoms with van der Waals surface area (Å²) in [6, 6.07) is 15.0. The molecule has 0 spiro atoms. The zero-order valence-electron chi connectivity index (χ0n) is 17.7. The van der Waals surface area contributed by atoms with E-state index < -0.39 is 5.92 Å². The Kier molecular flexibility index (Phi) is 6.38. The highest BCUT2D eigenvalue weighted by Crippen LogP contribution is 2.45. The van der Waals surface area contributed by atoms with Gasteiger partial charge < -0.3 is 19.9 Å². The minimum Gasteiger partial charge on any atom is -0.490 e. The van der Waals surface area contributed by atoms with Gasteiger partial charge in [-0.2, -0.15) is 5.26 Å². The number of hydrogen-bond donors (Lipinski definition) is 1. The smallest absolute Gasteiger partial charge is 0.205 e. The second-order valence-corrected chi connectivity index (χ2v) is 7.96. The van der Waals surface area contributed by atoms with E-state index in [1.165, 1.54) is 0 Å². The molecule has 1 aliphatic heterocycles. The minimum atomic E-state index is -0.589. The van der Waals surface area contributed by atoms with Gasteiger partial charge in [-0.25, -0.2) is 0 Å². The molecule has 2 N–H and O–H groups in total. The fraction of sp³-hybridized carbons (Fsp3) is 0.280. The van der Waals surface area contributed by atoms with Gasteiger partial charge in [0.25, 0.3) is 0 Å². The van der Waals surface area contributed by atoms with Crippen LogP contribution in [0, 0.1) is 11.3 Å². The summed E-state index contributed by atoms with van der Waals surface area (Å²) in [5, 5.41) is 10.4. The number of ether oxygens (including phenoxy) is 3. The van der Waals surface area contributed by atoms with Crippen LogP contribution in [0.15, 0.2) is 65.3 Å². The maximum absolute atomic E-state index is 12.8. The number of rotatable bonds is 6. The van der Waals surface area contributed by atoms with Crippen molar-refractivity contribution >= 4 is 17.4 Å². The van der Waals surface area contributed by atoms with Crippen LogP contribution in [0.5, 0.6) is 11.5 Å². The summed E-state index contributed by atoms with van der Waals surface area (Å²) < 4.78 is 17.5. The molecular weight excluding hydrogens is 428 g/mol. The van der Waals surface area contributed by atoms with E-state index in [0.717, 1.165) is 11.1 Å². The predicted molar refractivity (Wildman–Crippen MR) is 120 cm³/mol. The van der Waals surface area contributed by atoms with E-state index in [-0.39, 0.29) is 23.8 Å². The fourth-order valence-electron chi connectivity index (χ4n) is 4.05. The predicted octanol–water partition coefficient (Wildman–Crippen LogP) is 5.13. The van der Waals surface area contributed by atoms with Gasteiger partial charge in [0.2, 0.25) is 5.88 Å². The molecule has 1 atom stereocenters. The number of carbonyl (C=O) groups is 1. The van der Waals surface area contributed by atoms with Gasteiger partial charge in [-0.3, -0.25) is 4.79 Å². The first-order valence-electron chi connectivity index (χ1n) is 10.5. The molecule has 164 valence electrons. The lowest BCUT2D eigenvalue weighted by Crippen LogP contribution is -2.27. The molecule has 0 unspecified atom stereocenters. The molecule has 0 saturated heterocycles. The van der Waals surface area contributed by atoms with Crippen LogP contribution in [0.1, 0.15) is 43.2 Å². The lowest BCUT2D eigenvalue weighted by atomic mass is 9.77. The van der Waals surface area contributed by atoms with Gasteiger partial charge in [-0.1, -0.05) is 35.9 Å². The van der Waals surface area contributed by atoms with E-state index in [9.17, 15) is 10.1 Å². The Bertz CT molecular complexity index is 1160. The van der Waals surface area contributed by atoms with Crippen LogP contribution in [0.3, 0.4) is 0 Å². The van der Waals surface area contributed by atoms with E-state index in [1.807, 2.05) is 37.3 Å². The number of halogens is 1. The molecule has 2 aromatic carbocycles. The van der Waals surface area contributed by atoms with Gasteiger partial charge in [0.1, 0.15) is 24.0 Å². The van der Waals surface area contributed by atoms with E-state index in [0.29, 0.717) is 53.7 Å². The third-order valence-corrected chi connectivity index (χ3v) is 5.92. The van der Waals surface area contributed by atoms with Crippen molar-refractivity contribution in [1.82, 2.24) is 0 Å². The maximum Gasteiger partial charge on any atom is 0.205 e. The van der Waals surface area contributed by atoms with Gasteiger partial charge in [0, 0.05) is 29.0 Å². The molecule has 0 amide bonds. The third-order valence-electron chi connectivity index (χ3n) is 5.55. The zero-order valence-corrected chi connectivity index (χ0v) is 18.4. The van der Waals surface area contributed by atoms with Gasteiger partial charge in [-0.05, 0) is 37.1 Å². The molecule has 4 rings (SSSR count). The first kappa shape index (κ1) is 21.8. The van der Waals surface area contributed by atoms with Crippen LogP contribution < -0.4 is 15.2 Å². The second-order valence-electron chi connectivity index (χ2n) is 7.56. The van der Waals surface area contributed by atoms with Crippen LogP contribution in [0.25, 0.3) is 0 Å². The Morgan fingerprint density at radius 3 is 2.75 bits per heavy atom. The Balaban J connectivity index is 1.71. The van der Waals surface area contributed by atoms with Gasteiger partial charge in [-0.15, -0.1) is 0 Å². The van der Waals surface area contributed by atoms with Crippen molar-refractivity contribution in [2.45, 2.75) is 38.7 Å². The van der Waals surface area contributed by atoms with Crippen LogP contribution in [0.4, 0.5) is 0 Å². The van der Waals surface area contributed by atoms with E-state index in [4.69, 9.17) is 31.5 Å². The highest BCUT2D eigenvalue weighted by Gasteiger charge is 2.38. The first-order valence-corrected chi connectivity index (χ1v) is 10.9. The zero-order chi connectivity index (χ0) is 22.7. The molecule has 32 heavy (non-hydrogen) atoms. The number of hydrogen-bond acceptors (Lipinski definition) is 6. The Morgan fingerprint density at radius 1 is 1.19 bits per heavy atom. The van der Waals surface area contributed by atoms with E-state index in [1.54, 1.807) is 12.1 Å². The van der Waals surface area contributed by atoms with Crippen LogP contribution >= 0.6 is 11.6 Å². The van der Waals surface area contributed by atoms with Gasteiger partial charge in [0.05, 0.1) is 12.5 Å². The molecule has 2 aromatic rings. The normalized spacial score (nSPS) is 18.0. The molecular formula is C25H23ClN2O4. The molecule has 2 aliphatic rings. The number of nitrogens with two attached hydrogens (primary N) is 1. The molecule has 0 fully saturated rings. The van der Waals surface area contributed by atoms with Crippen LogP contribution in [-0.4, -0.2) is 12.4 Å². The van der Waals surface area contributed by atoms with Crippen molar-refractivity contribution in [3.05, 3.63) is 81.4 Å². The molecule has 7 heteroatoms. The molecule has 1 heterocycles. The summed E-state index contributed by atoms with van der Waals surface area (Å²) in [7, 11) is 0.